The molecule has 1 aliphatic rings. The zero-order chi connectivity index (χ0) is 14.8. The Morgan fingerprint density at radius 3 is 2.55 bits per heavy atom. The lowest BCUT2D eigenvalue weighted by atomic mass is 10.1. The van der Waals surface area contributed by atoms with E-state index in [9.17, 15) is 13.2 Å². The van der Waals surface area contributed by atoms with E-state index < -0.39 is 10.0 Å². The summed E-state index contributed by atoms with van der Waals surface area (Å²) >= 11 is 0. The third kappa shape index (κ3) is 4.05. The molecule has 0 radical (unpaired) electrons. The monoisotopic (exact) mass is 296 g/mol. The van der Waals surface area contributed by atoms with E-state index in [0.717, 1.165) is 24.0 Å². The van der Waals surface area contributed by atoms with Crippen molar-refractivity contribution in [2.24, 2.45) is 0 Å². The van der Waals surface area contributed by atoms with E-state index in [1.54, 1.807) is 18.2 Å². The second-order valence-electron chi connectivity index (χ2n) is 5.24. The van der Waals surface area contributed by atoms with Crippen molar-refractivity contribution in [3.8, 4) is 0 Å². The van der Waals surface area contributed by atoms with E-state index in [0.29, 0.717) is 6.04 Å². The van der Waals surface area contributed by atoms with Crippen molar-refractivity contribution < 1.29 is 13.2 Å². The first kappa shape index (κ1) is 15.0. The minimum absolute atomic E-state index is 0.102. The summed E-state index contributed by atoms with van der Waals surface area (Å²) in [6.07, 6.45) is 2.22. The molecule has 0 heterocycles. The summed E-state index contributed by atoms with van der Waals surface area (Å²) in [6.45, 7) is 3.92. The highest BCUT2D eigenvalue weighted by Gasteiger charge is 2.23. The lowest BCUT2D eigenvalue weighted by Gasteiger charge is -2.08. The molecular weight excluding hydrogens is 276 g/mol. The number of amides is 1. The highest BCUT2D eigenvalue weighted by molar-refractivity contribution is 7.89. The molecule has 0 unspecified atom stereocenters. The standard InChI is InChI=1S/C14H20N2O3S/c1-10-3-6-13(9-11(10)2)20(18,19)15-8-7-14(17)16-12-4-5-12/h3,6,9,12,15H,4-5,7-8H2,1-2H3,(H,16,17). The maximum absolute atomic E-state index is 12.1. The van der Waals surface area contributed by atoms with Crippen LogP contribution in [0.3, 0.4) is 0 Å². The third-order valence-electron chi connectivity index (χ3n) is 3.38. The van der Waals surface area contributed by atoms with Crippen LogP contribution < -0.4 is 10.0 Å². The molecule has 2 rings (SSSR count). The quantitative estimate of drug-likeness (QED) is 0.829. The van der Waals surface area contributed by atoms with Crippen molar-refractivity contribution >= 4 is 15.9 Å². The molecule has 1 aromatic rings. The van der Waals surface area contributed by atoms with Crippen LogP contribution in [0, 0.1) is 13.8 Å². The number of hydrogen-bond acceptors (Lipinski definition) is 3. The first-order valence-corrected chi connectivity index (χ1v) is 8.23. The van der Waals surface area contributed by atoms with E-state index >= 15 is 0 Å². The number of rotatable bonds is 6. The Labute approximate surface area is 119 Å². The van der Waals surface area contributed by atoms with Crippen LogP contribution in [0.15, 0.2) is 23.1 Å². The summed E-state index contributed by atoms with van der Waals surface area (Å²) in [5, 5.41) is 2.82. The van der Waals surface area contributed by atoms with Gasteiger partial charge < -0.3 is 5.32 Å². The van der Waals surface area contributed by atoms with E-state index in [4.69, 9.17) is 0 Å². The van der Waals surface area contributed by atoms with Crippen molar-refractivity contribution in [1.29, 1.82) is 0 Å². The van der Waals surface area contributed by atoms with Crippen LogP contribution in [0.1, 0.15) is 30.4 Å². The fourth-order valence-electron chi connectivity index (χ4n) is 1.79. The number of carbonyl (C=O) groups excluding carboxylic acids is 1. The van der Waals surface area contributed by atoms with E-state index in [1.165, 1.54) is 0 Å². The Morgan fingerprint density at radius 2 is 1.95 bits per heavy atom. The molecule has 6 heteroatoms. The normalized spacial score (nSPS) is 15.1. The molecular formula is C14H20N2O3S. The zero-order valence-corrected chi connectivity index (χ0v) is 12.6. The molecule has 0 bridgehead atoms. The molecule has 1 aliphatic carbocycles. The molecule has 1 fully saturated rings. The van der Waals surface area contributed by atoms with Crippen LogP contribution in [-0.2, 0) is 14.8 Å². The fourth-order valence-corrected chi connectivity index (χ4v) is 2.91. The van der Waals surface area contributed by atoms with Crippen LogP contribution in [0.4, 0.5) is 0 Å². The van der Waals surface area contributed by atoms with Crippen molar-refractivity contribution in [1.82, 2.24) is 10.0 Å². The van der Waals surface area contributed by atoms with Crippen molar-refractivity contribution in [3.05, 3.63) is 29.3 Å². The average molecular weight is 296 g/mol. The maximum atomic E-state index is 12.1. The number of nitrogens with one attached hydrogen (secondary N) is 2. The van der Waals surface area contributed by atoms with Gasteiger partial charge in [-0.1, -0.05) is 6.07 Å². The Kier molecular flexibility index (Phi) is 4.45. The molecule has 0 spiro atoms. The minimum atomic E-state index is -3.54. The molecule has 5 nitrogen and oxygen atoms in total. The number of sulfonamides is 1. The van der Waals surface area contributed by atoms with Gasteiger partial charge in [0.05, 0.1) is 4.90 Å². The largest absolute Gasteiger partial charge is 0.353 e. The molecule has 0 aromatic heterocycles. The molecule has 1 aromatic carbocycles. The zero-order valence-electron chi connectivity index (χ0n) is 11.8. The number of benzene rings is 1. The van der Waals surface area contributed by atoms with E-state index in [2.05, 4.69) is 10.0 Å². The van der Waals surface area contributed by atoms with Crippen molar-refractivity contribution in [2.45, 2.75) is 44.0 Å². The highest BCUT2D eigenvalue weighted by atomic mass is 32.2. The van der Waals surface area contributed by atoms with Gasteiger partial charge in [-0.25, -0.2) is 13.1 Å². The smallest absolute Gasteiger partial charge is 0.240 e. The molecule has 2 N–H and O–H groups in total. The van der Waals surface area contributed by atoms with Gasteiger partial charge in [0.2, 0.25) is 15.9 Å². The Balaban J connectivity index is 1.89. The van der Waals surface area contributed by atoms with Gasteiger partial charge in [0.15, 0.2) is 0 Å². The van der Waals surface area contributed by atoms with Crippen LogP contribution in [0.2, 0.25) is 0 Å². The second-order valence-corrected chi connectivity index (χ2v) is 7.00. The Morgan fingerprint density at radius 1 is 1.25 bits per heavy atom. The second kappa shape index (κ2) is 5.93. The van der Waals surface area contributed by atoms with E-state index in [-0.39, 0.29) is 23.8 Å². The van der Waals surface area contributed by atoms with Crippen LogP contribution in [0.25, 0.3) is 0 Å². The number of carbonyl (C=O) groups is 1. The number of aryl methyl sites for hydroxylation is 2. The lowest BCUT2D eigenvalue weighted by molar-refractivity contribution is -0.121. The molecule has 0 aliphatic heterocycles. The SMILES string of the molecule is Cc1ccc(S(=O)(=O)NCCC(=O)NC2CC2)cc1C. The Bertz CT molecular complexity index is 607. The van der Waals surface area contributed by atoms with Crippen LogP contribution >= 0.6 is 0 Å². The minimum Gasteiger partial charge on any atom is -0.353 e. The van der Waals surface area contributed by atoms with Gasteiger partial charge in [0.1, 0.15) is 0 Å². The van der Waals surface area contributed by atoms with Crippen molar-refractivity contribution in [2.75, 3.05) is 6.54 Å². The van der Waals surface area contributed by atoms with Crippen LogP contribution in [0.5, 0.6) is 0 Å². The topological polar surface area (TPSA) is 75.3 Å². The maximum Gasteiger partial charge on any atom is 0.240 e. The fraction of sp³-hybridized carbons (Fsp3) is 0.500. The Hall–Kier alpha value is -1.40. The van der Waals surface area contributed by atoms with Gasteiger partial charge in [-0.2, -0.15) is 0 Å². The van der Waals surface area contributed by atoms with Gasteiger partial charge in [0.25, 0.3) is 0 Å². The van der Waals surface area contributed by atoms with Gasteiger partial charge in [-0.05, 0) is 49.9 Å². The first-order valence-electron chi connectivity index (χ1n) is 6.75. The van der Waals surface area contributed by atoms with Gasteiger partial charge in [-0.3, -0.25) is 4.79 Å². The third-order valence-corrected chi connectivity index (χ3v) is 4.83. The summed E-state index contributed by atoms with van der Waals surface area (Å²) in [5.41, 5.74) is 1.98. The van der Waals surface area contributed by atoms with Gasteiger partial charge in [0, 0.05) is 19.0 Å². The molecule has 0 saturated heterocycles. The molecule has 110 valence electrons. The van der Waals surface area contributed by atoms with E-state index in [1.807, 2.05) is 13.8 Å². The van der Waals surface area contributed by atoms with Crippen molar-refractivity contribution in [3.63, 3.8) is 0 Å². The predicted octanol–water partition coefficient (Wildman–Crippen LogP) is 1.25. The first-order chi connectivity index (χ1) is 9.38. The lowest BCUT2D eigenvalue weighted by Crippen LogP contribution is -2.31. The molecule has 0 atom stereocenters. The van der Waals surface area contributed by atoms with Gasteiger partial charge in [-0.15, -0.1) is 0 Å². The highest BCUT2D eigenvalue weighted by Crippen LogP contribution is 2.18. The molecule has 1 amide bonds. The summed E-state index contributed by atoms with van der Waals surface area (Å²) < 4.78 is 26.6. The summed E-state index contributed by atoms with van der Waals surface area (Å²) in [7, 11) is -3.54. The summed E-state index contributed by atoms with van der Waals surface area (Å²) in [4.78, 5) is 11.7. The summed E-state index contributed by atoms with van der Waals surface area (Å²) in [5.74, 6) is -0.102. The molecule has 1 saturated carbocycles. The van der Waals surface area contributed by atoms with Gasteiger partial charge >= 0.3 is 0 Å². The average Bonchev–Trinajstić information content (AvgIpc) is 3.16. The molecule has 20 heavy (non-hydrogen) atoms. The van der Waals surface area contributed by atoms with Crippen LogP contribution in [-0.4, -0.2) is 26.9 Å². The predicted molar refractivity (Wildman–Crippen MR) is 76.9 cm³/mol. The summed E-state index contributed by atoms with van der Waals surface area (Å²) in [6, 6.07) is 5.31. The number of hydrogen-bond donors (Lipinski definition) is 2.